The van der Waals surface area contributed by atoms with Gasteiger partial charge in [-0.25, -0.2) is 0 Å². The number of hydrogen-bond acceptors (Lipinski definition) is 3. The van der Waals surface area contributed by atoms with Crippen LogP contribution in [0.1, 0.15) is 31.4 Å². The number of nitrogens with one attached hydrogen (secondary N) is 1. The average molecular weight is 258 g/mol. The molecule has 1 unspecified atom stereocenters. The Bertz CT molecular complexity index is 369. The summed E-state index contributed by atoms with van der Waals surface area (Å²) in [6, 6.07) is 3.99. The molecule has 1 aromatic rings. The summed E-state index contributed by atoms with van der Waals surface area (Å²) in [7, 11) is 5.17. The Morgan fingerprint density at radius 3 is 2.29 bits per heavy atom. The molecule has 0 saturated heterocycles. The highest BCUT2D eigenvalue weighted by molar-refractivity contribution is 6.31. The first kappa shape index (κ1) is 14.1. The Balaban J connectivity index is 3.14. The minimum atomic E-state index is 0.243. The molecule has 0 fully saturated rings. The smallest absolute Gasteiger partial charge is 0.162 e. The molecule has 0 heterocycles. The third-order valence-electron chi connectivity index (χ3n) is 2.80. The molecule has 0 aliphatic carbocycles. The van der Waals surface area contributed by atoms with Gasteiger partial charge < -0.3 is 14.8 Å². The van der Waals surface area contributed by atoms with Crippen LogP contribution in [0, 0.1) is 0 Å². The lowest BCUT2D eigenvalue weighted by Gasteiger charge is -2.19. The van der Waals surface area contributed by atoms with Crippen molar-refractivity contribution in [3.63, 3.8) is 0 Å². The second kappa shape index (κ2) is 6.72. The SMILES string of the molecule is CCCC(NC)c1cc(OC)c(OC)cc1Cl. The van der Waals surface area contributed by atoms with Crippen molar-refractivity contribution in [3.05, 3.63) is 22.7 Å². The van der Waals surface area contributed by atoms with Crippen LogP contribution in [-0.2, 0) is 0 Å². The molecular weight excluding hydrogens is 238 g/mol. The summed E-state index contributed by atoms with van der Waals surface area (Å²) < 4.78 is 10.5. The minimum Gasteiger partial charge on any atom is -0.493 e. The Morgan fingerprint density at radius 1 is 1.24 bits per heavy atom. The first-order valence-electron chi connectivity index (χ1n) is 5.76. The van der Waals surface area contributed by atoms with Gasteiger partial charge in [0.25, 0.3) is 0 Å². The van der Waals surface area contributed by atoms with Gasteiger partial charge in [0.15, 0.2) is 11.5 Å². The van der Waals surface area contributed by atoms with Crippen LogP contribution in [0.4, 0.5) is 0 Å². The second-order valence-electron chi connectivity index (χ2n) is 3.86. The fourth-order valence-corrected chi connectivity index (χ4v) is 2.17. The average Bonchev–Trinajstić information content (AvgIpc) is 2.36. The maximum Gasteiger partial charge on any atom is 0.162 e. The summed E-state index contributed by atoms with van der Waals surface area (Å²) in [6.45, 7) is 2.15. The molecule has 0 spiro atoms. The first-order chi connectivity index (χ1) is 8.17. The van der Waals surface area contributed by atoms with Crippen molar-refractivity contribution in [1.29, 1.82) is 0 Å². The van der Waals surface area contributed by atoms with E-state index in [2.05, 4.69) is 12.2 Å². The van der Waals surface area contributed by atoms with Crippen LogP contribution in [0.25, 0.3) is 0 Å². The summed E-state index contributed by atoms with van der Waals surface area (Å²) in [5, 5.41) is 3.97. The number of rotatable bonds is 6. The third kappa shape index (κ3) is 3.27. The lowest BCUT2D eigenvalue weighted by atomic mass is 10.0. The molecule has 96 valence electrons. The molecule has 17 heavy (non-hydrogen) atoms. The van der Waals surface area contributed by atoms with E-state index in [4.69, 9.17) is 21.1 Å². The van der Waals surface area contributed by atoms with Crippen molar-refractivity contribution in [2.24, 2.45) is 0 Å². The third-order valence-corrected chi connectivity index (χ3v) is 3.13. The van der Waals surface area contributed by atoms with Gasteiger partial charge in [0, 0.05) is 17.1 Å². The van der Waals surface area contributed by atoms with Gasteiger partial charge in [-0.2, -0.15) is 0 Å². The highest BCUT2D eigenvalue weighted by atomic mass is 35.5. The van der Waals surface area contributed by atoms with Gasteiger partial charge in [-0.3, -0.25) is 0 Å². The molecule has 0 saturated carbocycles. The quantitative estimate of drug-likeness (QED) is 0.847. The van der Waals surface area contributed by atoms with E-state index >= 15 is 0 Å². The normalized spacial score (nSPS) is 12.3. The van der Waals surface area contributed by atoms with Crippen LogP contribution in [0.2, 0.25) is 5.02 Å². The van der Waals surface area contributed by atoms with Crippen molar-refractivity contribution in [1.82, 2.24) is 5.32 Å². The molecule has 0 radical (unpaired) electrons. The zero-order chi connectivity index (χ0) is 12.8. The van der Waals surface area contributed by atoms with Crippen LogP contribution >= 0.6 is 11.6 Å². The topological polar surface area (TPSA) is 30.5 Å². The number of methoxy groups -OCH3 is 2. The number of ether oxygens (including phenoxy) is 2. The van der Waals surface area contributed by atoms with Crippen LogP contribution in [-0.4, -0.2) is 21.3 Å². The summed E-state index contributed by atoms with van der Waals surface area (Å²) in [5.74, 6) is 1.37. The maximum absolute atomic E-state index is 6.27. The monoisotopic (exact) mass is 257 g/mol. The Hall–Kier alpha value is -0.930. The molecule has 3 nitrogen and oxygen atoms in total. The van der Waals surface area contributed by atoms with E-state index < -0.39 is 0 Å². The molecule has 1 N–H and O–H groups in total. The van der Waals surface area contributed by atoms with Crippen molar-refractivity contribution in [3.8, 4) is 11.5 Å². The molecule has 1 atom stereocenters. The molecule has 1 aromatic carbocycles. The van der Waals surface area contributed by atoms with Crippen LogP contribution in [0.15, 0.2) is 12.1 Å². The van der Waals surface area contributed by atoms with Crippen molar-refractivity contribution < 1.29 is 9.47 Å². The van der Waals surface area contributed by atoms with Gasteiger partial charge in [-0.15, -0.1) is 0 Å². The molecule has 0 bridgehead atoms. The highest BCUT2D eigenvalue weighted by Gasteiger charge is 2.16. The predicted molar refractivity (Wildman–Crippen MR) is 71.3 cm³/mol. The summed E-state index contributed by atoms with van der Waals surface area (Å²) >= 11 is 6.27. The summed E-state index contributed by atoms with van der Waals surface area (Å²) in [5.41, 5.74) is 1.05. The first-order valence-corrected chi connectivity index (χ1v) is 6.14. The Kier molecular flexibility index (Phi) is 5.59. The van der Waals surface area contributed by atoms with Crippen LogP contribution in [0.3, 0.4) is 0 Å². The minimum absolute atomic E-state index is 0.243. The van der Waals surface area contributed by atoms with E-state index in [1.54, 1.807) is 20.3 Å². The largest absolute Gasteiger partial charge is 0.493 e. The lowest BCUT2D eigenvalue weighted by Crippen LogP contribution is -2.16. The van der Waals surface area contributed by atoms with E-state index in [1.807, 2.05) is 13.1 Å². The fraction of sp³-hybridized carbons (Fsp3) is 0.538. The van der Waals surface area contributed by atoms with Crippen molar-refractivity contribution >= 4 is 11.6 Å². The molecule has 1 rings (SSSR count). The zero-order valence-corrected chi connectivity index (χ0v) is 11.6. The van der Waals surface area contributed by atoms with E-state index in [0.717, 1.165) is 18.4 Å². The molecule has 0 aliphatic heterocycles. The predicted octanol–water partition coefficient (Wildman–Crippen LogP) is 3.42. The van der Waals surface area contributed by atoms with E-state index in [1.165, 1.54) is 0 Å². The highest BCUT2D eigenvalue weighted by Crippen LogP contribution is 2.36. The summed E-state index contributed by atoms with van der Waals surface area (Å²) in [4.78, 5) is 0. The van der Waals surface area contributed by atoms with Crippen molar-refractivity contribution in [2.75, 3.05) is 21.3 Å². The maximum atomic E-state index is 6.27. The van der Waals surface area contributed by atoms with Gasteiger partial charge in [0.1, 0.15) is 0 Å². The van der Waals surface area contributed by atoms with Gasteiger partial charge >= 0.3 is 0 Å². The van der Waals surface area contributed by atoms with Gasteiger partial charge in [-0.05, 0) is 25.1 Å². The summed E-state index contributed by atoms with van der Waals surface area (Å²) in [6.07, 6.45) is 2.13. The van der Waals surface area contributed by atoms with Gasteiger partial charge in [0.05, 0.1) is 14.2 Å². The van der Waals surface area contributed by atoms with Gasteiger partial charge in [0.2, 0.25) is 0 Å². The number of benzene rings is 1. The van der Waals surface area contributed by atoms with Crippen LogP contribution < -0.4 is 14.8 Å². The van der Waals surface area contributed by atoms with Crippen LogP contribution in [0.5, 0.6) is 11.5 Å². The fourth-order valence-electron chi connectivity index (χ4n) is 1.88. The molecular formula is C13H20ClNO2. The van der Waals surface area contributed by atoms with Crippen molar-refractivity contribution in [2.45, 2.75) is 25.8 Å². The molecule has 0 aliphatic rings. The Labute approximate surface area is 108 Å². The van der Waals surface area contributed by atoms with E-state index in [-0.39, 0.29) is 6.04 Å². The molecule has 0 aromatic heterocycles. The molecule has 4 heteroatoms. The van der Waals surface area contributed by atoms with Gasteiger partial charge in [-0.1, -0.05) is 24.9 Å². The van der Waals surface area contributed by atoms with E-state index in [0.29, 0.717) is 16.5 Å². The lowest BCUT2D eigenvalue weighted by molar-refractivity contribution is 0.353. The standard InChI is InChI=1S/C13H20ClNO2/c1-5-6-11(15-2)9-7-12(16-3)13(17-4)8-10(9)14/h7-8,11,15H,5-6H2,1-4H3. The Morgan fingerprint density at radius 2 is 1.82 bits per heavy atom. The second-order valence-corrected chi connectivity index (χ2v) is 4.27. The number of halogens is 1. The molecule has 0 amide bonds. The number of hydrogen-bond donors (Lipinski definition) is 1. The zero-order valence-electron chi connectivity index (χ0n) is 10.8. The van der Waals surface area contributed by atoms with E-state index in [9.17, 15) is 0 Å².